The number of hydrogen-bond acceptors (Lipinski definition) is 4. The van der Waals surface area contributed by atoms with Crippen LogP contribution in [0.3, 0.4) is 0 Å². The van der Waals surface area contributed by atoms with Gasteiger partial charge in [0.1, 0.15) is 5.82 Å². The Kier molecular flexibility index (Phi) is 7.52. The number of nitrogens with one attached hydrogen (secondary N) is 1. The zero-order valence-corrected chi connectivity index (χ0v) is 12.4. The Morgan fingerprint density at radius 2 is 2.32 bits per heavy atom. The summed E-state index contributed by atoms with van der Waals surface area (Å²) in [6.07, 6.45) is 3.12. The van der Waals surface area contributed by atoms with Crippen LogP contribution in [-0.4, -0.2) is 28.4 Å². The van der Waals surface area contributed by atoms with Gasteiger partial charge in [0.05, 0.1) is 6.61 Å². The standard InChI is InChI=1S/C14H22N2O2S/c1-11(2)3-4-14(18)16-13-9-12(5-6-15-13)10-19-8-7-17/h5-6,9,11,17H,3-4,7-8,10H2,1-2H3,(H,15,16,18). The monoisotopic (exact) mass is 282 g/mol. The lowest BCUT2D eigenvalue weighted by Gasteiger charge is -2.07. The normalized spacial score (nSPS) is 10.7. The molecule has 0 fully saturated rings. The summed E-state index contributed by atoms with van der Waals surface area (Å²) in [5.41, 5.74) is 1.10. The molecule has 1 rings (SSSR count). The van der Waals surface area contributed by atoms with Gasteiger partial charge in [-0.2, -0.15) is 11.8 Å². The van der Waals surface area contributed by atoms with Gasteiger partial charge in [-0.3, -0.25) is 4.79 Å². The first kappa shape index (κ1) is 16.0. The second-order valence-corrected chi connectivity index (χ2v) is 5.91. The van der Waals surface area contributed by atoms with Crippen molar-refractivity contribution in [3.63, 3.8) is 0 Å². The van der Waals surface area contributed by atoms with Gasteiger partial charge in [0.25, 0.3) is 0 Å². The van der Waals surface area contributed by atoms with E-state index >= 15 is 0 Å². The first-order valence-corrected chi connectivity index (χ1v) is 7.70. The van der Waals surface area contributed by atoms with Gasteiger partial charge in [0, 0.05) is 24.1 Å². The third kappa shape index (κ3) is 7.18. The molecule has 1 amide bonds. The van der Waals surface area contributed by atoms with Crippen molar-refractivity contribution in [2.75, 3.05) is 17.7 Å². The van der Waals surface area contributed by atoms with Gasteiger partial charge < -0.3 is 10.4 Å². The topological polar surface area (TPSA) is 62.2 Å². The zero-order chi connectivity index (χ0) is 14.1. The van der Waals surface area contributed by atoms with E-state index in [-0.39, 0.29) is 12.5 Å². The third-order valence-corrected chi connectivity index (χ3v) is 3.55. The molecule has 19 heavy (non-hydrogen) atoms. The van der Waals surface area contributed by atoms with Crippen LogP contribution < -0.4 is 5.32 Å². The Morgan fingerprint density at radius 3 is 3.00 bits per heavy atom. The van der Waals surface area contributed by atoms with Crippen molar-refractivity contribution in [1.29, 1.82) is 0 Å². The summed E-state index contributed by atoms with van der Waals surface area (Å²) in [5.74, 6) is 2.69. The lowest BCUT2D eigenvalue weighted by atomic mass is 10.1. The van der Waals surface area contributed by atoms with E-state index < -0.39 is 0 Å². The molecule has 106 valence electrons. The predicted molar refractivity (Wildman–Crippen MR) is 80.2 cm³/mol. The van der Waals surface area contributed by atoms with Crippen molar-refractivity contribution in [2.24, 2.45) is 5.92 Å². The minimum absolute atomic E-state index is 0.0151. The van der Waals surface area contributed by atoms with E-state index in [1.54, 1.807) is 18.0 Å². The van der Waals surface area contributed by atoms with Crippen LogP contribution in [0.1, 0.15) is 32.3 Å². The molecule has 0 aliphatic carbocycles. The van der Waals surface area contributed by atoms with Crippen molar-refractivity contribution in [3.05, 3.63) is 23.9 Å². The second kappa shape index (κ2) is 8.93. The molecular formula is C14H22N2O2S. The van der Waals surface area contributed by atoms with Gasteiger partial charge >= 0.3 is 0 Å². The quantitative estimate of drug-likeness (QED) is 0.720. The Morgan fingerprint density at radius 1 is 1.53 bits per heavy atom. The molecule has 0 unspecified atom stereocenters. The van der Waals surface area contributed by atoms with E-state index in [1.165, 1.54) is 0 Å². The van der Waals surface area contributed by atoms with Crippen LogP contribution >= 0.6 is 11.8 Å². The third-order valence-electron chi connectivity index (χ3n) is 2.54. The van der Waals surface area contributed by atoms with Crippen molar-refractivity contribution < 1.29 is 9.90 Å². The van der Waals surface area contributed by atoms with E-state index in [2.05, 4.69) is 24.1 Å². The van der Waals surface area contributed by atoms with Crippen molar-refractivity contribution in [1.82, 2.24) is 4.98 Å². The number of aromatic nitrogens is 1. The highest BCUT2D eigenvalue weighted by Crippen LogP contribution is 2.14. The summed E-state index contributed by atoms with van der Waals surface area (Å²) in [7, 11) is 0. The number of pyridine rings is 1. The van der Waals surface area contributed by atoms with Gasteiger partial charge in [0.2, 0.25) is 5.91 Å². The number of aliphatic hydroxyl groups excluding tert-OH is 1. The largest absolute Gasteiger partial charge is 0.396 e. The minimum Gasteiger partial charge on any atom is -0.396 e. The Hall–Kier alpha value is -1.07. The van der Waals surface area contributed by atoms with E-state index in [1.807, 2.05) is 12.1 Å². The highest BCUT2D eigenvalue weighted by atomic mass is 32.2. The van der Waals surface area contributed by atoms with E-state index in [9.17, 15) is 4.79 Å². The maximum atomic E-state index is 11.7. The second-order valence-electron chi connectivity index (χ2n) is 4.81. The Balaban J connectivity index is 2.45. The van der Waals surface area contributed by atoms with E-state index in [4.69, 9.17) is 5.11 Å². The highest BCUT2D eigenvalue weighted by Gasteiger charge is 2.05. The van der Waals surface area contributed by atoms with Gasteiger partial charge in [0.15, 0.2) is 0 Å². The average Bonchev–Trinajstić information content (AvgIpc) is 2.37. The average molecular weight is 282 g/mol. The van der Waals surface area contributed by atoms with Crippen molar-refractivity contribution in [2.45, 2.75) is 32.4 Å². The number of carbonyl (C=O) groups is 1. The van der Waals surface area contributed by atoms with Crippen LogP contribution in [-0.2, 0) is 10.5 Å². The fourth-order valence-electron chi connectivity index (χ4n) is 1.51. The van der Waals surface area contributed by atoms with Crippen LogP contribution in [0.15, 0.2) is 18.3 Å². The summed E-state index contributed by atoms with van der Waals surface area (Å²) in [5, 5.41) is 11.6. The van der Waals surface area contributed by atoms with Gasteiger partial charge in [-0.05, 0) is 30.0 Å². The van der Waals surface area contributed by atoms with Gasteiger partial charge in [-0.25, -0.2) is 4.98 Å². The molecule has 0 saturated heterocycles. The van der Waals surface area contributed by atoms with Crippen molar-refractivity contribution >= 4 is 23.5 Å². The Bertz CT molecular complexity index is 397. The Labute approximate surface area is 119 Å². The molecular weight excluding hydrogens is 260 g/mol. The van der Waals surface area contributed by atoms with E-state index in [0.717, 1.165) is 23.5 Å². The van der Waals surface area contributed by atoms with E-state index in [0.29, 0.717) is 18.2 Å². The van der Waals surface area contributed by atoms with Crippen LogP contribution in [0.2, 0.25) is 0 Å². The molecule has 0 aliphatic heterocycles. The van der Waals surface area contributed by atoms with Crippen molar-refractivity contribution in [3.8, 4) is 0 Å². The lowest BCUT2D eigenvalue weighted by Crippen LogP contribution is -2.13. The molecule has 1 heterocycles. The van der Waals surface area contributed by atoms with Crippen LogP contribution in [0.4, 0.5) is 5.82 Å². The molecule has 0 saturated carbocycles. The molecule has 2 N–H and O–H groups in total. The number of aliphatic hydroxyl groups is 1. The fourth-order valence-corrected chi connectivity index (χ4v) is 2.20. The lowest BCUT2D eigenvalue weighted by molar-refractivity contribution is -0.116. The predicted octanol–water partition coefficient (Wildman–Crippen LogP) is 2.68. The summed E-state index contributed by atoms with van der Waals surface area (Å²) < 4.78 is 0. The molecule has 1 aromatic heterocycles. The van der Waals surface area contributed by atoms with Gasteiger partial charge in [-0.1, -0.05) is 13.8 Å². The summed E-state index contributed by atoms with van der Waals surface area (Å²) in [6.45, 7) is 4.39. The maximum Gasteiger partial charge on any atom is 0.225 e. The number of rotatable bonds is 8. The zero-order valence-electron chi connectivity index (χ0n) is 11.6. The summed E-state index contributed by atoms with van der Waals surface area (Å²) in [6, 6.07) is 3.81. The van der Waals surface area contributed by atoms with Crippen LogP contribution in [0, 0.1) is 5.92 Å². The van der Waals surface area contributed by atoms with Crippen LogP contribution in [0.25, 0.3) is 0 Å². The summed E-state index contributed by atoms with van der Waals surface area (Å²) >= 11 is 1.66. The highest BCUT2D eigenvalue weighted by molar-refractivity contribution is 7.98. The fraction of sp³-hybridized carbons (Fsp3) is 0.571. The van der Waals surface area contributed by atoms with Crippen LogP contribution in [0.5, 0.6) is 0 Å². The minimum atomic E-state index is 0.0151. The number of carbonyl (C=O) groups excluding carboxylic acids is 1. The molecule has 4 nitrogen and oxygen atoms in total. The molecule has 0 bridgehead atoms. The first-order valence-electron chi connectivity index (χ1n) is 6.55. The van der Waals surface area contributed by atoms with Gasteiger partial charge in [-0.15, -0.1) is 0 Å². The smallest absolute Gasteiger partial charge is 0.225 e. The molecule has 0 aliphatic rings. The molecule has 0 spiro atoms. The first-order chi connectivity index (χ1) is 9.11. The number of anilines is 1. The molecule has 1 aromatic rings. The number of nitrogens with zero attached hydrogens (tertiary/aromatic N) is 1. The molecule has 0 atom stereocenters. The summed E-state index contributed by atoms with van der Waals surface area (Å²) in [4.78, 5) is 15.8. The molecule has 5 heteroatoms. The number of hydrogen-bond donors (Lipinski definition) is 2. The number of thioether (sulfide) groups is 1. The molecule has 0 radical (unpaired) electrons. The SMILES string of the molecule is CC(C)CCC(=O)Nc1cc(CSCCO)ccn1. The molecule has 0 aromatic carbocycles. The maximum absolute atomic E-state index is 11.7. The number of amides is 1.